The number of nitrogens with zero attached hydrogens (tertiary/aromatic N) is 2. The Hall–Kier alpha value is -2.80. The number of thioether (sulfide) groups is 1. The van der Waals surface area contributed by atoms with Crippen molar-refractivity contribution < 1.29 is 9.53 Å². The summed E-state index contributed by atoms with van der Waals surface area (Å²) in [5, 5.41) is 3.87. The average Bonchev–Trinajstić information content (AvgIpc) is 3.32. The molecule has 2 aromatic carbocycles. The molecule has 1 fully saturated rings. The number of hydrogen-bond acceptors (Lipinski definition) is 5. The number of hydrogen-bond donors (Lipinski definition) is 1. The molecule has 1 atom stereocenters. The van der Waals surface area contributed by atoms with Crippen LogP contribution in [0.3, 0.4) is 0 Å². The Morgan fingerprint density at radius 3 is 2.61 bits per heavy atom. The molecule has 0 spiro atoms. The van der Waals surface area contributed by atoms with Gasteiger partial charge in [-0.25, -0.2) is 4.98 Å². The quantitative estimate of drug-likeness (QED) is 0.440. The van der Waals surface area contributed by atoms with E-state index in [2.05, 4.69) is 5.32 Å². The van der Waals surface area contributed by atoms with Gasteiger partial charge >= 0.3 is 0 Å². The maximum absolute atomic E-state index is 13.2. The van der Waals surface area contributed by atoms with Gasteiger partial charge in [-0.05, 0) is 49.6 Å². The number of aromatic nitrogens is 2. The van der Waals surface area contributed by atoms with Gasteiger partial charge in [0.2, 0.25) is 5.91 Å². The molecular formula is C24H27N3O3S. The second-order valence-corrected chi connectivity index (χ2v) is 9.16. The molecule has 162 valence electrons. The average molecular weight is 438 g/mol. The first-order chi connectivity index (χ1) is 15.1. The van der Waals surface area contributed by atoms with Crippen molar-refractivity contribution in [3.05, 3.63) is 64.4 Å². The Kier molecular flexibility index (Phi) is 6.61. The van der Waals surface area contributed by atoms with Gasteiger partial charge in [-0.15, -0.1) is 0 Å². The molecule has 7 heteroatoms. The van der Waals surface area contributed by atoms with Crippen LogP contribution in [0.5, 0.6) is 5.75 Å². The summed E-state index contributed by atoms with van der Waals surface area (Å²) in [5.41, 5.74) is 1.67. The van der Waals surface area contributed by atoms with Crippen LogP contribution in [-0.2, 0) is 11.3 Å². The van der Waals surface area contributed by atoms with Crippen molar-refractivity contribution in [2.24, 2.45) is 0 Å². The zero-order valence-corrected chi connectivity index (χ0v) is 18.7. The third-order valence-electron chi connectivity index (χ3n) is 5.74. The van der Waals surface area contributed by atoms with Gasteiger partial charge < -0.3 is 10.1 Å². The fourth-order valence-electron chi connectivity index (χ4n) is 3.98. The first-order valence-electron chi connectivity index (χ1n) is 10.7. The number of methoxy groups -OCH3 is 1. The molecule has 0 aliphatic heterocycles. The molecule has 0 radical (unpaired) electrons. The van der Waals surface area contributed by atoms with Crippen LogP contribution in [0.25, 0.3) is 10.9 Å². The Morgan fingerprint density at radius 1 is 1.19 bits per heavy atom. The number of benzene rings is 2. The molecule has 31 heavy (non-hydrogen) atoms. The third-order valence-corrected chi connectivity index (χ3v) is 6.81. The molecule has 4 rings (SSSR count). The minimum Gasteiger partial charge on any atom is -0.497 e. The lowest BCUT2D eigenvalue weighted by Gasteiger charge is -2.20. The number of carbonyl (C=O) groups is 1. The molecule has 1 aliphatic rings. The summed E-state index contributed by atoms with van der Waals surface area (Å²) in [6, 6.07) is 15.2. The Morgan fingerprint density at radius 2 is 1.90 bits per heavy atom. The van der Waals surface area contributed by atoms with Gasteiger partial charge in [-0.3, -0.25) is 14.2 Å². The fraction of sp³-hybridized carbons (Fsp3) is 0.375. The summed E-state index contributed by atoms with van der Waals surface area (Å²) in [6.07, 6.45) is 4.19. The van der Waals surface area contributed by atoms with Crippen LogP contribution >= 0.6 is 11.8 Å². The van der Waals surface area contributed by atoms with Crippen LogP contribution in [0.2, 0.25) is 0 Å². The molecular weight excluding hydrogens is 410 g/mol. The smallest absolute Gasteiger partial charge is 0.262 e. The van der Waals surface area contributed by atoms with Gasteiger partial charge in [0, 0.05) is 12.6 Å². The normalized spacial score (nSPS) is 15.2. The lowest BCUT2D eigenvalue weighted by Crippen LogP contribution is -2.32. The standard InChI is InChI=1S/C24H27N3O3S/c1-16(22(28)25-15-17-11-13-19(30-2)14-12-17)31-24-26-21-10-6-5-9-20(21)23(29)27(24)18-7-3-4-8-18/h5-6,9-14,16,18H,3-4,7-8,15H2,1-2H3,(H,25,28). The molecule has 1 N–H and O–H groups in total. The minimum atomic E-state index is -0.376. The van der Waals surface area contributed by atoms with Crippen LogP contribution in [0.1, 0.15) is 44.2 Å². The molecule has 1 amide bonds. The largest absolute Gasteiger partial charge is 0.497 e. The van der Waals surface area contributed by atoms with E-state index in [1.165, 1.54) is 11.8 Å². The van der Waals surface area contributed by atoms with Crippen molar-refractivity contribution in [2.75, 3.05) is 7.11 Å². The number of fused-ring (bicyclic) bond motifs is 1. The van der Waals surface area contributed by atoms with Crippen molar-refractivity contribution in [3.63, 3.8) is 0 Å². The third kappa shape index (κ3) is 4.77. The summed E-state index contributed by atoms with van der Waals surface area (Å²) >= 11 is 1.36. The molecule has 0 bridgehead atoms. The second kappa shape index (κ2) is 9.56. The van der Waals surface area contributed by atoms with E-state index >= 15 is 0 Å². The number of nitrogens with one attached hydrogen (secondary N) is 1. The van der Waals surface area contributed by atoms with E-state index in [9.17, 15) is 9.59 Å². The number of para-hydroxylation sites is 1. The number of amides is 1. The Labute approximate surface area is 186 Å². The zero-order valence-electron chi connectivity index (χ0n) is 17.8. The molecule has 0 saturated heterocycles. The number of rotatable bonds is 7. The second-order valence-electron chi connectivity index (χ2n) is 7.85. The van der Waals surface area contributed by atoms with Gasteiger partial charge in [0.15, 0.2) is 5.16 Å². The zero-order chi connectivity index (χ0) is 21.8. The van der Waals surface area contributed by atoms with Crippen molar-refractivity contribution >= 4 is 28.6 Å². The molecule has 1 aliphatic carbocycles. The first-order valence-corrected chi connectivity index (χ1v) is 11.5. The fourth-order valence-corrected chi connectivity index (χ4v) is 4.98. The van der Waals surface area contributed by atoms with Crippen LogP contribution in [0.15, 0.2) is 58.5 Å². The topological polar surface area (TPSA) is 73.2 Å². The maximum Gasteiger partial charge on any atom is 0.262 e. The first kappa shape index (κ1) is 21.4. The molecule has 1 unspecified atom stereocenters. The van der Waals surface area contributed by atoms with E-state index in [1.807, 2.05) is 60.0 Å². The Bertz CT molecular complexity index is 1120. The predicted molar refractivity (Wildman–Crippen MR) is 124 cm³/mol. The van der Waals surface area contributed by atoms with E-state index in [1.54, 1.807) is 7.11 Å². The number of ether oxygens (including phenoxy) is 1. The number of carbonyl (C=O) groups excluding carboxylic acids is 1. The summed E-state index contributed by atoms with van der Waals surface area (Å²) in [7, 11) is 1.63. The molecule has 1 saturated carbocycles. The van der Waals surface area contributed by atoms with E-state index < -0.39 is 0 Å². The van der Waals surface area contributed by atoms with E-state index in [4.69, 9.17) is 9.72 Å². The van der Waals surface area contributed by atoms with Crippen molar-refractivity contribution in [1.82, 2.24) is 14.9 Å². The molecule has 1 aromatic heterocycles. The van der Waals surface area contributed by atoms with Gasteiger partial charge in [0.1, 0.15) is 5.75 Å². The predicted octanol–water partition coefficient (Wildman–Crippen LogP) is 4.32. The highest BCUT2D eigenvalue weighted by Crippen LogP contribution is 2.33. The van der Waals surface area contributed by atoms with Crippen molar-refractivity contribution in [2.45, 2.75) is 55.6 Å². The van der Waals surface area contributed by atoms with Gasteiger partial charge in [0.05, 0.1) is 23.3 Å². The van der Waals surface area contributed by atoms with Crippen LogP contribution in [0.4, 0.5) is 0 Å². The van der Waals surface area contributed by atoms with Crippen molar-refractivity contribution in [1.29, 1.82) is 0 Å². The van der Waals surface area contributed by atoms with Crippen LogP contribution < -0.4 is 15.6 Å². The SMILES string of the molecule is COc1ccc(CNC(=O)C(C)Sc2nc3ccccc3c(=O)n2C2CCCC2)cc1. The highest BCUT2D eigenvalue weighted by Gasteiger charge is 2.25. The van der Waals surface area contributed by atoms with Crippen LogP contribution in [0, 0.1) is 0 Å². The van der Waals surface area contributed by atoms with E-state index in [-0.39, 0.29) is 22.8 Å². The minimum absolute atomic E-state index is 0.00848. The van der Waals surface area contributed by atoms with Gasteiger partial charge in [0.25, 0.3) is 5.56 Å². The van der Waals surface area contributed by atoms with Crippen molar-refractivity contribution in [3.8, 4) is 5.75 Å². The lowest BCUT2D eigenvalue weighted by molar-refractivity contribution is -0.120. The summed E-state index contributed by atoms with van der Waals surface area (Å²) in [5.74, 6) is 0.701. The maximum atomic E-state index is 13.2. The highest BCUT2D eigenvalue weighted by atomic mass is 32.2. The van der Waals surface area contributed by atoms with Gasteiger partial charge in [-0.1, -0.05) is 48.9 Å². The van der Waals surface area contributed by atoms with Crippen LogP contribution in [-0.4, -0.2) is 27.8 Å². The summed E-state index contributed by atoms with van der Waals surface area (Å²) in [4.78, 5) is 30.8. The summed E-state index contributed by atoms with van der Waals surface area (Å²) < 4.78 is 6.99. The Balaban J connectivity index is 1.52. The highest BCUT2D eigenvalue weighted by molar-refractivity contribution is 8.00. The molecule has 3 aromatic rings. The van der Waals surface area contributed by atoms with E-state index in [0.717, 1.165) is 37.0 Å². The summed E-state index contributed by atoms with van der Waals surface area (Å²) in [6.45, 7) is 2.29. The van der Waals surface area contributed by atoms with E-state index in [0.29, 0.717) is 22.6 Å². The molecule has 6 nitrogen and oxygen atoms in total. The van der Waals surface area contributed by atoms with Gasteiger partial charge in [-0.2, -0.15) is 0 Å². The monoisotopic (exact) mass is 437 g/mol. The lowest BCUT2D eigenvalue weighted by atomic mass is 10.2. The molecule has 1 heterocycles.